The topological polar surface area (TPSA) is 49.4 Å². The van der Waals surface area contributed by atoms with E-state index in [4.69, 9.17) is 0 Å². The molecule has 0 saturated carbocycles. The fourth-order valence-electron chi connectivity index (χ4n) is 2.53. The molecule has 0 radical (unpaired) electrons. The summed E-state index contributed by atoms with van der Waals surface area (Å²) < 4.78 is 14.7. The fourth-order valence-corrected chi connectivity index (χ4v) is 2.94. The SMILES string of the molecule is C=CCN(Cc1cc(Br)ccc1F)C(=O)CNC(=O)c1ccc(C)c(C)c1. The smallest absolute Gasteiger partial charge is 0.251 e. The maximum absolute atomic E-state index is 14.0. The Bertz CT molecular complexity index is 867. The predicted molar refractivity (Wildman–Crippen MR) is 108 cm³/mol. The van der Waals surface area contributed by atoms with E-state index in [1.165, 1.54) is 11.0 Å². The zero-order valence-corrected chi connectivity index (χ0v) is 17.0. The van der Waals surface area contributed by atoms with Gasteiger partial charge in [-0.05, 0) is 55.3 Å². The van der Waals surface area contributed by atoms with Gasteiger partial charge in [0.1, 0.15) is 5.82 Å². The minimum Gasteiger partial charge on any atom is -0.343 e. The van der Waals surface area contributed by atoms with E-state index in [0.29, 0.717) is 11.1 Å². The monoisotopic (exact) mass is 432 g/mol. The molecule has 4 nitrogen and oxygen atoms in total. The van der Waals surface area contributed by atoms with Crippen LogP contribution in [-0.2, 0) is 11.3 Å². The van der Waals surface area contributed by atoms with Crippen LogP contribution in [0.5, 0.6) is 0 Å². The first-order valence-corrected chi connectivity index (χ1v) is 9.29. The van der Waals surface area contributed by atoms with Crippen LogP contribution >= 0.6 is 15.9 Å². The molecule has 0 saturated heterocycles. The summed E-state index contributed by atoms with van der Waals surface area (Å²) in [7, 11) is 0. The number of rotatable bonds is 7. The molecule has 2 aromatic rings. The largest absolute Gasteiger partial charge is 0.343 e. The molecular formula is C21H22BrFN2O2. The molecule has 6 heteroatoms. The summed E-state index contributed by atoms with van der Waals surface area (Å²) in [4.78, 5) is 26.2. The first-order chi connectivity index (χ1) is 12.8. The van der Waals surface area contributed by atoms with Crippen LogP contribution < -0.4 is 5.32 Å². The number of amides is 2. The van der Waals surface area contributed by atoms with Crippen LogP contribution in [0.25, 0.3) is 0 Å². The van der Waals surface area contributed by atoms with Crippen molar-refractivity contribution in [2.75, 3.05) is 13.1 Å². The molecule has 0 heterocycles. The highest BCUT2D eigenvalue weighted by Gasteiger charge is 2.16. The Hall–Kier alpha value is -2.47. The van der Waals surface area contributed by atoms with Gasteiger partial charge in [-0.25, -0.2) is 4.39 Å². The molecular weight excluding hydrogens is 411 g/mol. The first kappa shape index (κ1) is 20.8. The van der Waals surface area contributed by atoms with Gasteiger partial charge in [-0.3, -0.25) is 9.59 Å². The molecule has 2 aromatic carbocycles. The van der Waals surface area contributed by atoms with Crippen molar-refractivity contribution >= 4 is 27.7 Å². The van der Waals surface area contributed by atoms with E-state index >= 15 is 0 Å². The molecule has 0 fully saturated rings. The molecule has 0 aliphatic rings. The minimum absolute atomic E-state index is 0.0929. The number of benzene rings is 2. The van der Waals surface area contributed by atoms with E-state index in [-0.39, 0.29) is 37.3 Å². The summed E-state index contributed by atoms with van der Waals surface area (Å²) in [6.45, 7) is 7.71. The third-order valence-corrected chi connectivity index (χ3v) is 4.73. The van der Waals surface area contributed by atoms with Crippen LogP contribution in [0.1, 0.15) is 27.0 Å². The third kappa shape index (κ3) is 5.76. The summed E-state index contributed by atoms with van der Waals surface area (Å²) in [5, 5.41) is 2.63. The number of hydrogen-bond acceptors (Lipinski definition) is 2. The molecule has 0 unspecified atom stereocenters. The van der Waals surface area contributed by atoms with Gasteiger partial charge in [0.2, 0.25) is 5.91 Å². The Morgan fingerprint density at radius 1 is 1.19 bits per heavy atom. The zero-order valence-electron chi connectivity index (χ0n) is 15.4. The van der Waals surface area contributed by atoms with Crippen molar-refractivity contribution in [2.45, 2.75) is 20.4 Å². The molecule has 0 aliphatic carbocycles. The van der Waals surface area contributed by atoms with E-state index in [0.717, 1.165) is 15.6 Å². The molecule has 0 aliphatic heterocycles. The molecule has 1 N–H and O–H groups in total. The van der Waals surface area contributed by atoms with Crippen molar-refractivity contribution in [1.29, 1.82) is 0 Å². The van der Waals surface area contributed by atoms with Crippen LogP contribution in [0.4, 0.5) is 4.39 Å². The quantitative estimate of drug-likeness (QED) is 0.668. The Labute approximate surface area is 167 Å². The van der Waals surface area contributed by atoms with Crippen molar-refractivity contribution in [3.05, 3.63) is 81.6 Å². The van der Waals surface area contributed by atoms with Crippen LogP contribution in [0.2, 0.25) is 0 Å². The molecule has 142 valence electrons. The number of aryl methyl sites for hydroxylation is 2. The third-order valence-electron chi connectivity index (χ3n) is 4.24. The lowest BCUT2D eigenvalue weighted by Gasteiger charge is -2.22. The number of nitrogens with zero attached hydrogens (tertiary/aromatic N) is 1. The number of carbonyl (C=O) groups excluding carboxylic acids is 2. The Morgan fingerprint density at radius 2 is 1.93 bits per heavy atom. The lowest BCUT2D eigenvalue weighted by atomic mass is 10.1. The molecule has 0 bridgehead atoms. The number of carbonyl (C=O) groups is 2. The van der Waals surface area contributed by atoms with E-state index in [2.05, 4.69) is 27.8 Å². The Kier molecular flexibility index (Phi) is 7.30. The zero-order chi connectivity index (χ0) is 20.0. The summed E-state index contributed by atoms with van der Waals surface area (Å²) in [5.41, 5.74) is 2.99. The van der Waals surface area contributed by atoms with E-state index in [1.54, 1.807) is 30.3 Å². The molecule has 27 heavy (non-hydrogen) atoms. The standard InChI is InChI=1S/C21H22BrFN2O2/c1-4-9-25(13-17-11-18(22)7-8-19(17)23)20(26)12-24-21(27)16-6-5-14(2)15(3)10-16/h4-8,10-11H,1,9,12-13H2,2-3H3,(H,24,27). The van der Waals surface area contributed by atoms with Gasteiger partial charge in [0.25, 0.3) is 5.91 Å². The van der Waals surface area contributed by atoms with Gasteiger partial charge >= 0.3 is 0 Å². The van der Waals surface area contributed by atoms with Crippen LogP contribution in [0.15, 0.2) is 53.5 Å². The lowest BCUT2D eigenvalue weighted by molar-refractivity contribution is -0.130. The van der Waals surface area contributed by atoms with Gasteiger partial charge in [-0.1, -0.05) is 28.1 Å². The highest BCUT2D eigenvalue weighted by Crippen LogP contribution is 2.17. The van der Waals surface area contributed by atoms with Gasteiger partial charge in [0, 0.05) is 28.7 Å². The summed E-state index contributed by atoms with van der Waals surface area (Å²) in [6, 6.07) is 9.95. The van der Waals surface area contributed by atoms with Crippen molar-refractivity contribution < 1.29 is 14.0 Å². The van der Waals surface area contributed by atoms with Crippen molar-refractivity contribution in [3.63, 3.8) is 0 Å². The first-order valence-electron chi connectivity index (χ1n) is 8.50. The maximum atomic E-state index is 14.0. The van der Waals surface area contributed by atoms with Crippen molar-refractivity contribution in [2.24, 2.45) is 0 Å². The lowest BCUT2D eigenvalue weighted by Crippen LogP contribution is -2.40. The normalized spacial score (nSPS) is 10.4. The molecule has 0 atom stereocenters. The molecule has 2 rings (SSSR count). The maximum Gasteiger partial charge on any atom is 0.251 e. The average molecular weight is 433 g/mol. The summed E-state index contributed by atoms with van der Waals surface area (Å²) >= 11 is 3.30. The second kappa shape index (κ2) is 9.46. The van der Waals surface area contributed by atoms with Gasteiger partial charge < -0.3 is 10.2 Å². The minimum atomic E-state index is -0.390. The second-order valence-electron chi connectivity index (χ2n) is 6.28. The average Bonchev–Trinajstić information content (AvgIpc) is 2.64. The van der Waals surface area contributed by atoms with Crippen LogP contribution in [0, 0.1) is 19.7 Å². The summed E-state index contributed by atoms with van der Waals surface area (Å²) in [5.74, 6) is -1.02. The van der Waals surface area contributed by atoms with Gasteiger partial charge in [0.15, 0.2) is 0 Å². The van der Waals surface area contributed by atoms with Gasteiger partial charge in [-0.2, -0.15) is 0 Å². The predicted octanol–water partition coefficient (Wildman–Crippen LogP) is 4.15. The molecule has 0 aromatic heterocycles. The molecule has 2 amide bonds. The molecule has 0 spiro atoms. The second-order valence-corrected chi connectivity index (χ2v) is 7.20. The Morgan fingerprint density at radius 3 is 2.59 bits per heavy atom. The summed E-state index contributed by atoms with van der Waals surface area (Å²) in [6.07, 6.45) is 1.57. The van der Waals surface area contributed by atoms with E-state index in [9.17, 15) is 14.0 Å². The van der Waals surface area contributed by atoms with Crippen LogP contribution in [-0.4, -0.2) is 29.8 Å². The van der Waals surface area contributed by atoms with Crippen molar-refractivity contribution in [1.82, 2.24) is 10.2 Å². The van der Waals surface area contributed by atoms with Gasteiger partial charge in [0.05, 0.1) is 6.54 Å². The number of hydrogen-bond donors (Lipinski definition) is 1. The van der Waals surface area contributed by atoms with Crippen LogP contribution in [0.3, 0.4) is 0 Å². The van der Waals surface area contributed by atoms with E-state index < -0.39 is 0 Å². The number of halogens is 2. The van der Waals surface area contributed by atoms with Gasteiger partial charge in [-0.15, -0.1) is 6.58 Å². The Balaban J connectivity index is 2.03. The van der Waals surface area contributed by atoms with E-state index in [1.807, 2.05) is 19.9 Å². The highest BCUT2D eigenvalue weighted by molar-refractivity contribution is 9.10. The highest BCUT2D eigenvalue weighted by atomic mass is 79.9. The fraction of sp³-hybridized carbons (Fsp3) is 0.238. The number of nitrogens with one attached hydrogen (secondary N) is 1. The van der Waals surface area contributed by atoms with Crippen molar-refractivity contribution in [3.8, 4) is 0 Å².